The second-order valence-corrected chi connectivity index (χ2v) is 7.57. The van der Waals surface area contributed by atoms with E-state index in [1.54, 1.807) is 11.8 Å². The Bertz CT molecular complexity index is 615. The van der Waals surface area contributed by atoms with Crippen molar-refractivity contribution in [3.63, 3.8) is 0 Å². The van der Waals surface area contributed by atoms with Crippen LogP contribution in [0, 0.1) is 0 Å². The summed E-state index contributed by atoms with van der Waals surface area (Å²) in [6.45, 7) is 4.68. The molecule has 0 aromatic heterocycles. The molecule has 128 valence electrons. The highest BCUT2D eigenvalue weighted by atomic mass is 35.5. The number of benzene rings is 2. The first-order chi connectivity index (χ1) is 11.7. The van der Waals surface area contributed by atoms with Crippen molar-refractivity contribution >= 4 is 29.1 Å². The van der Waals surface area contributed by atoms with Crippen LogP contribution in [0.15, 0.2) is 59.5 Å². The number of thioether (sulfide) groups is 1. The summed E-state index contributed by atoms with van der Waals surface area (Å²) >= 11 is 7.66. The Morgan fingerprint density at radius 3 is 2.29 bits per heavy atom. The van der Waals surface area contributed by atoms with Crippen LogP contribution in [0.4, 0.5) is 5.69 Å². The molecule has 0 amide bonds. The predicted molar refractivity (Wildman–Crippen MR) is 103 cm³/mol. The van der Waals surface area contributed by atoms with Crippen LogP contribution in [0.3, 0.4) is 0 Å². The summed E-state index contributed by atoms with van der Waals surface area (Å²) < 4.78 is 0. The Morgan fingerprint density at radius 2 is 1.62 bits per heavy atom. The molecule has 0 spiro atoms. The number of anilines is 1. The standard InChI is InChI=1S/C19H23ClN2OS/c20-16-6-8-17(9-7-16)22-12-10-21(11-13-22)14-18(23)15-24-19-4-2-1-3-5-19/h1-9,18,23H,10-15H2. The molecular formula is C19H23ClN2OS. The molecule has 1 atom stereocenters. The normalized spacial score (nSPS) is 17.0. The summed E-state index contributed by atoms with van der Waals surface area (Å²) in [5, 5.41) is 11.1. The van der Waals surface area contributed by atoms with Crippen LogP contribution in [-0.4, -0.2) is 54.6 Å². The number of piperazine rings is 1. The molecule has 0 aliphatic carbocycles. The van der Waals surface area contributed by atoms with E-state index in [0.717, 1.165) is 43.5 Å². The van der Waals surface area contributed by atoms with E-state index in [0.29, 0.717) is 0 Å². The van der Waals surface area contributed by atoms with Gasteiger partial charge in [0.1, 0.15) is 0 Å². The van der Waals surface area contributed by atoms with Crippen LogP contribution >= 0.6 is 23.4 Å². The summed E-state index contributed by atoms with van der Waals surface area (Å²) in [7, 11) is 0. The largest absolute Gasteiger partial charge is 0.391 e. The van der Waals surface area contributed by atoms with E-state index in [4.69, 9.17) is 11.6 Å². The van der Waals surface area contributed by atoms with Crippen molar-refractivity contribution in [2.24, 2.45) is 0 Å². The van der Waals surface area contributed by atoms with E-state index in [1.807, 2.05) is 30.3 Å². The van der Waals surface area contributed by atoms with Gasteiger partial charge in [-0.2, -0.15) is 0 Å². The fraction of sp³-hybridized carbons (Fsp3) is 0.368. The van der Waals surface area contributed by atoms with Crippen LogP contribution in [0.1, 0.15) is 0 Å². The second-order valence-electron chi connectivity index (χ2n) is 6.04. The number of rotatable bonds is 6. The predicted octanol–water partition coefficient (Wildman–Crippen LogP) is 3.62. The van der Waals surface area contributed by atoms with E-state index in [-0.39, 0.29) is 6.10 Å². The molecule has 5 heteroatoms. The lowest BCUT2D eigenvalue weighted by Crippen LogP contribution is -2.48. The first kappa shape index (κ1) is 17.6. The molecule has 3 rings (SSSR count). The smallest absolute Gasteiger partial charge is 0.0760 e. The summed E-state index contributed by atoms with van der Waals surface area (Å²) in [4.78, 5) is 5.93. The lowest BCUT2D eigenvalue weighted by atomic mass is 10.2. The van der Waals surface area contributed by atoms with Gasteiger partial charge in [0.05, 0.1) is 6.10 Å². The Morgan fingerprint density at radius 1 is 0.958 bits per heavy atom. The Labute approximate surface area is 153 Å². The minimum atomic E-state index is -0.294. The van der Waals surface area contributed by atoms with E-state index >= 15 is 0 Å². The molecule has 1 heterocycles. The van der Waals surface area contributed by atoms with Crippen molar-refractivity contribution in [2.45, 2.75) is 11.0 Å². The van der Waals surface area contributed by atoms with Gasteiger partial charge >= 0.3 is 0 Å². The molecular weight excluding hydrogens is 340 g/mol. The minimum absolute atomic E-state index is 0.294. The van der Waals surface area contributed by atoms with Gasteiger partial charge in [0, 0.05) is 54.1 Å². The maximum atomic E-state index is 10.3. The molecule has 1 saturated heterocycles. The average Bonchev–Trinajstić information content (AvgIpc) is 2.62. The van der Waals surface area contributed by atoms with Gasteiger partial charge in [-0.1, -0.05) is 29.8 Å². The van der Waals surface area contributed by atoms with Crippen LogP contribution in [-0.2, 0) is 0 Å². The fourth-order valence-corrected chi connectivity index (χ4v) is 3.87. The first-order valence-electron chi connectivity index (χ1n) is 8.29. The second kappa shape index (κ2) is 8.77. The summed E-state index contributed by atoms with van der Waals surface area (Å²) in [6, 6.07) is 18.3. The van der Waals surface area contributed by atoms with Crippen LogP contribution < -0.4 is 4.90 Å². The van der Waals surface area contributed by atoms with Crippen LogP contribution in [0.25, 0.3) is 0 Å². The molecule has 3 nitrogen and oxygen atoms in total. The van der Waals surface area contributed by atoms with E-state index in [1.165, 1.54) is 10.6 Å². The Balaban J connectivity index is 1.41. The summed E-state index contributed by atoms with van der Waals surface area (Å²) in [5.74, 6) is 0.738. The number of nitrogens with zero attached hydrogens (tertiary/aromatic N) is 2. The highest BCUT2D eigenvalue weighted by Gasteiger charge is 2.19. The van der Waals surface area contributed by atoms with Crippen molar-refractivity contribution in [3.05, 3.63) is 59.6 Å². The van der Waals surface area contributed by atoms with Gasteiger partial charge in [-0.25, -0.2) is 0 Å². The van der Waals surface area contributed by atoms with E-state index in [2.05, 4.69) is 34.1 Å². The zero-order chi connectivity index (χ0) is 16.8. The molecule has 2 aromatic rings. The molecule has 1 unspecified atom stereocenters. The minimum Gasteiger partial charge on any atom is -0.391 e. The zero-order valence-electron chi connectivity index (χ0n) is 13.6. The number of aliphatic hydroxyl groups excluding tert-OH is 1. The first-order valence-corrected chi connectivity index (χ1v) is 9.66. The van der Waals surface area contributed by atoms with Gasteiger partial charge in [0.2, 0.25) is 0 Å². The molecule has 0 radical (unpaired) electrons. The third kappa shape index (κ3) is 5.15. The van der Waals surface area contributed by atoms with Crippen LogP contribution in [0.2, 0.25) is 5.02 Å². The molecule has 24 heavy (non-hydrogen) atoms. The molecule has 0 saturated carbocycles. The highest BCUT2D eigenvalue weighted by molar-refractivity contribution is 7.99. The third-order valence-electron chi connectivity index (χ3n) is 4.22. The number of halogens is 1. The van der Waals surface area contributed by atoms with Gasteiger partial charge in [-0.05, 0) is 36.4 Å². The topological polar surface area (TPSA) is 26.7 Å². The average molecular weight is 363 g/mol. The maximum Gasteiger partial charge on any atom is 0.0760 e. The van der Waals surface area contributed by atoms with Gasteiger partial charge < -0.3 is 10.0 Å². The molecule has 0 bridgehead atoms. The van der Waals surface area contributed by atoms with E-state index in [9.17, 15) is 5.11 Å². The molecule has 1 aliphatic heterocycles. The zero-order valence-corrected chi connectivity index (χ0v) is 15.2. The highest BCUT2D eigenvalue weighted by Crippen LogP contribution is 2.21. The molecule has 2 aromatic carbocycles. The van der Waals surface area contributed by atoms with Crippen molar-refractivity contribution in [1.29, 1.82) is 0 Å². The van der Waals surface area contributed by atoms with Crippen molar-refractivity contribution < 1.29 is 5.11 Å². The summed E-state index contributed by atoms with van der Waals surface area (Å²) in [5.41, 5.74) is 1.22. The maximum absolute atomic E-state index is 10.3. The lowest BCUT2D eigenvalue weighted by Gasteiger charge is -2.36. The SMILES string of the molecule is OC(CSc1ccccc1)CN1CCN(c2ccc(Cl)cc2)CC1. The van der Waals surface area contributed by atoms with Gasteiger partial charge in [0.25, 0.3) is 0 Å². The quantitative estimate of drug-likeness (QED) is 0.794. The number of β-amino-alcohol motifs (C(OH)–C–C–N with tert-alkyl or cyclic N) is 1. The number of hydrogen-bond donors (Lipinski definition) is 1. The van der Waals surface area contributed by atoms with Gasteiger partial charge in [-0.15, -0.1) is 11.8 Å². The summed E-state index contributed by atoms with van der Waals surface area (Å²) in [6.07, 6.45) is -0.294. The number of aliphatic hydroxyl groups is 1. The van der Waals surface area contributed by atoms with E-state index < -0.39 is 0 Å². The fourth-order valence-electron chi connectivity index (χ4n) is 2.90. The Kier molecular flexibility index (Phi) is 6.44. The Hall–Kier alpha value is -1.20. The van der Waals surface area contributed by atoms with Crippen molar-refractivity contribution in [2.75, 3.05) is 43.4 Å². The van der Waals surface area contributed by atoms with Gasteiger partial charge in [0.15, 0.2) is 0 Å². The third-order valence-corrected chi connectivity index (χ3v) is 5.63. The molecule has 1 aliphatic rings. The van der Waals surface area contributed by atoms with Crippen molar-refractivity contribution in [3.8, 4) is 0 Å². The molecule has 1 fully saturated rings. The van der Waals surface area contributed by atoms with Crippen LogP contribution in [0.5, 0.6) is 0 Å². The van der Waals surface area contributed by atoms with Gasteiger partial charge in [-0.3, -0.25) is 4.90 Å². The monoisotopic (exact) mass is 362 g/mol. The number of hydrogen-bond acceptors (Lipinski definition) is 4. The lowest BCUT2D eigenvalue weighted by molar-refractivity contribution is 0.126. The van der Waals surface area contributed by atoms with Crippen molar-refractivity contribution in [1.82, 2.24) is 4.90 Å². The molecule has 1 N–H and O–H groups in total.